The lowest BCUT2D eigenvalue weighted by atomic mass is 10.1. The van der Waals surface area contributed by atoms with Crippen LogP contribution in [0.2, 0.25) is 0 Å². The van der Waals surface area contributed by atoms with Crippen LogP contribution in [0.25, 0.3) is 0 Å². The molecule has 4 heteroatoms. The summed E-state index contributed by atoms with van der Waals surface area (Å²) in [7, 11) is 0. The summed E-state index contributed by atoms with van der Waals surface area (Å²) in [6.07, 6.45) is 5.98. The van der Waals surface area contributed by atoms with Crippen LogP contribution in [0.1, 0.15) is 39.0 Å². The topological polar surface area (TPSA) is 58.4 Å². The third kappa shape index (κ3) is 4.46. The number of nitrogens with two attached hydrogens (primary N) is 1. The lowest BCUT2D eigenvalue weighted by molar-refractivity contribution is -0.119. The van der Waals surface area contributed by atoms with Gasteiger partial charge in [0.05, 0.1) is 5.92 Å². The highest BCUT2D eigenvalue weighted by atomic mass is 16.1. The van der Waals surface area contributed by atoms with Crippen LogP contribution < -0.4 is 16.0 Å². The van der Waals surface area contributed by atoms with Crippen molar-refractivity contribution < 1.29 is 4.79 Å². The van der Waals surface area contributed by atoms with Gasteiger partial charge in [-0.2, -0.15) is 0 Å². The second kappa shape index (κ2) is 8.03. The van der Waals surface area contributed by atoms with E-state index in [0.29, 0.717) is 6.54 Å². The normalized spacial score (nSPS) is 17.1. The van der Waals surface area contributed by atoms with Crippen molar-refractivity contribution in [3.05, 3.63) is 24.3 Å². The number of nitrogens with zero attached hydrogens (tertiary/aromatic N) is 1. The van der Waals surface area contributed by atoms with E-state index in [2.05, 4.69) is 22.3 Å². The number of carbonyl (C=O) groups is 1. The van der Waals surface area contributed by atoms with Crippen LogP contribution >= 0.6 is 0 Å². The molecule has 1 atom stereocenters. The molecule has 116 valence electrons. The highest BCUT2D eigenvalue weighted by molar-refractivity contribution is 5.92. The number of anilines is 2. The molecule has 4 nitrogen and oxygen atoms in total. The summed E-state index contributed by atoms with van der Waals surface area (Å²) in [4.78, 5) is 14.4. The van der Waals surface area contributed by atoms with Crippen molar-refractivity contribution in [1.29, 1.82) is 0 Å². The van der Waals surface area contributed by atoms with Gasteiger partial charge in [-0.3, -0.25) is 4.79 Å². The molecule has 0 aliphatic carbocycles. The smallest absolute Gasteiger partial charge is 0.228 e. The molecule has 2 rings (SSSR count). The average Bonchev–Trinajstić information content (AvgIpc) is 2.78. The lowest BCUT2D eigenvalue weighted by Crippen LogP contribution is -2.28. The number of carbonyl (C=O) groups excluding carboxylic acids is 1. The Labute approximate surface area is 127 Å². The Morgan fingerprint density at radius 1 is 1.19 bits per heavy atom. The van der Waals surface area contributed by atoms with E-state index in [1.54, 1.807) is 0 Å². The molecule has 3 N–H and O–H groups in total. The molecule has 1 heterocycles. The van der Waals surface area contributed by atoms with Gasteiger partial charge >= 0.3 is 0 Å². The van der Waals surface area contributed by atoms with Crippen LogP contribution in [0.15, 0.2) is 24.3 Å². The van der Waals surface area contributed by atoms with Crippen molar-refractivity contribution in [1.82, 2.24) is 0 Å². The van der Waals surface area contributed by atoms with Gasteiger partial charge in [-0.1, -0.05) is 19.8 Å². The molecule has 1 aliphatic heterocycles. The summed E-state index contributed by atoms with van der Waals surface area (Å²) in [6.45, 7) is 4.65. The van der Waals surface area contributed by atoms with Crippen LogP contribution in [0.3, 0.4) is 0 Å². The quantitative estimate of drug-likeness (QED) is 0.876. The van der Waals surface area contributed by atoms with E-state index in [0.717, 1.165) is 25.2 Å². The molecule has 1 aliphatic rings. The van der Waals surface area contributed by atoms with Gasteiger partial charge in [-0.25, -0.2) is 0 Å². The van der Waals surface area contributed by atoms with E-state index in [-0.39, 0.29) is 11.8 Å². The molecule has 1 fully saturated rings. The van der Waals surface area contributed by atoms with E-state index < -0.39 is 0 Å². The SMILES string of the molecule is CCC(CN)C(=O)Nc1ccc(N2CCCCCC2)cc1. The third-order valence-corrected chi connectivity index (χ3v) is 4.25. The number of benzene rings is 1. The first kappa shape index (κ1) is 15.8. The maximum absolute atomic E-state index is 12.0. The Bertz CT molecular complexity index is 432. The number of amides is 1. The fourth-order valence-corrected chi connectivity index (χ4v) is 2.79. The van der Waals surface area contributed by atoms with E-state index in [1.807, 2.05) is 19.1 Å². The van der Waals surface area contributed by atoms with E-state index in [1.165, 1.54) is 31.4 Å². The first-order valence-electron chi connectivity index (χ1n) is 8.10. The molecular weight excluding hydrogens is 262 g/mol. The molecule has 0 bridgehead atoms. The monoisotopic (exact) mass is 289 g/mol. The summed E-state index contributed by atoms with van der Waals surface area (Å²) >= 11 is 0. The van der Waals surface area contributed by atoms with Gasteiger partial charge in [-0.05, 0) is 43.5 Å². The maximum atomic E-state index is 12.0. The minimum atomic E-state index is -0.102. The minimum absolute atomic E-state index is 0.0162. The predicted molar refractivity (Wildman–Crippen MR) is 88.6 cm³/mol. The summed E-state index contributed by atoms with van der Waals surface area (Å²) in [5.41, 5.74) is 7.71. The van der Waals surface area contributed by atoms with Crippen molar-refractivity contribution in [3.63, 3.8) is 0 Å². The predicted octanol–water partition coefficient (Wildman–Crippen LogP) is 2.99. The minimum Gasteiger partial charge on any atom is -0.372 e. The van der Waals surface area contributed by atoms with Gasteiger partial charge < -0.3 is 16.0 Å². The summed E-state index contributed by atoms with van der Waals surface area (Å²) < 4.78 is 0. The molecule has 21 heavy (non-hydrogen) atoms. The standard InChI is InChI=1S/C17H27N3O/c1-2-14(13-18)17(21)19-15-7-9-16(10-8-15)20-11-5-3-4-6-12-20/h7-10,14H,2-6,11-13,18H2,1H3,(H,19,21). The van der Waals surface area contributed by atoms with Crippen LogP contribution in [0.5, 0.6) is 0 Å². The zero-order valence-electron chi connectivity index (χ0n) is 13.0. The van der Waals surface area contributed by atoms with Gasteiger partial charge in [0, 0.05) is 31.0 Å². The molecule has 0 saturated carbocycles. The zero-order valence-corrected chi connectivity index (χ0v) is 13.0. The Hall–Kier alpha value is -1.55. The van der Waals surface area contributed by atoms with Crippen molar-refractivity contribution in [2.45, 2.75) is 39.0 Å². The Kier molecular flexibility index (Phi) is 6.05. The lowest BCUT2D eigenvalue weighted by Gasteiger charge is -2.23. The fraction of sp³-hybridized carbons (Fsp3) is 0.588. The molecule has 0 spiro atoms. The summed E-state index contributed by atoms with van der Waals surface area (Å²) in [6, 6.07) is 8.18. The molecular formula is C17H27N3O. The van der Waals surface area contributed by atoms with Crippen molar-refractivity contribution in [3.8, 4) is 0 Å². The molecule has 1 saturated heterocycles. The number of nitrogens with one attached hydrogen (secondary N) is 1. The zero-order chi connectivity index (χ0) is 15.1. The van der Waals surface area contributed by atoms with Crippen molar-refractivity contribution >= 4 is 17.3 Å². The van der Waals surface area contributed by atoms with Gasteiger partial charge in [0.25, 0.3) is 0 Å². The molecule has 1 amide bonds. The molecule has 1 aromatic carbocycles. The number of rotatable bonds is 5. The first-order valence-corrected chi connectivity index (χ1v) is 8.10. The maximum Gasteiger partial charge on any atom is 0.228 e. The summed E-state index contributed by atoms with van der Waals surface area (Å²) in [5.74, 6) is -0.0854. The molecule has 1 unspecified atom stereocenters. The second-order valence-corrected chi connectivity index (χ2v) is 5.78. The van der Waals surface area contributed by atoms with E-state index >= 15 is 0 Å². The third-order valence-electron chi connectivity index (χ3n) is 4.25. The van der Waals surface area contributed by atoms with Gasteiger partial charge in [0.1, 0.15) is 0 Å². The Balaban J connectivity index is 1.96. The van der Waals surface area contributed by atoms with E-state index in [4.69, 9.17) is 5.73 Å². The molecule has 1 aromatic rings. The Morgan fingerprint density at radius 3 is 2.33 bits per heavy atom. The van der Waals surface area contributed by atoms with Gasteiger partial charge in [-0.15, -0.1) is 0 Å². The second-order valence-electron chi connectivity index (χ2n) is 5.78. The van der Waals surface area contributed by atoms with Crippen LogP contribution in [-0.4, -0.2) is 25.5 Å². The molecule has 0 radical (unpaired) electrons. The highest BCUT2D eigenvalue weighted by Crippen LogP contribution is 2.22. The number of hydrogen-bond donors (Lipinski definition) is 2. The van der Waals surface area contributed by atoms with Crippen molar-refractivity contribution in [2.24, 2.45) is 11.7 Å². The fourth-order valence-electron chi connectivity index (χ4n) is 2.79. The van der Waals surface area contributed by atoms with Gasteiger partial charge in [0.15, 0.2) is 0 Å². The summed E-state index contributed by atoms with van der Waals surface area (Å²) in [5, 5.41) is 2.95. The average molecular weight is 289 g/mol. The molecule has 0 aromatic heterocycles. The highest BCUT2D eigenvalue weighted by Gasteiger charge is 2.15. The largest absolute Gasteiger partial charge is 0.372 e. The van der Waals surface area contributed by atoms with Crippen LogP contribution in [0, 0.1) is 5.92 Å². The first-order chi connectivity index (χ1) is 10.2. The van der Waals surface area contributed by atoms with Crippen LogP contribution in [0.4, 0.5) is 11.4 Å². The van der Waals surface area contributed by atoms with E-state index in [9.17, 15) is 4.79 Å². The Morgan fingerprint density at radius 2 is 1.81 bits per heavy atom. The van der Waals surface area contributed by atoms with Crippen LogP contribution in [-0.2, 0) is 4.79 Å². The van der Waals surface area contributed by atoms with Crippen molar-refractivity contribution in [2.75, 3.05) is 29.9 Å². The number of hydrogen-bond acceptors (Lipinski definition) is 3. The van der Waals surface area contributed by atoms with Gasteiger partial charge in [0.2, 0.25) is 5.91 Å².